The molecule has 0 amide bonds. The van der Waals surface area contributed by atoms with E-state index in [9.17, 15) is 22.8 Å². The van der Waals surface area contributed by atoms with Gasteiger partial charge in [0, 0.05) is 15.3 Å². The molecule has 94 valence electrons. The van der Waals surface area contributed by atoms with E-state index >= 15 is 0 Å². The van der Waals surface area contributed by atoms with E-state index in [0.29, 0.717) is 0 Å². The van der Waals surface area contributed by atoms with Crippen LogP contribution in [0.3, 0.4) is 0 Å². The third-order valence-corrected chi connectivity index (χ3v) is 2.61. The lowest BCUT2D eigenvalue weighted by Crippen LogP contribution is -2.25. The fourth-order valence-electron chi connectivity index (χ4n) is 1.07. The summed E-state index contributed by atoms with van der Waals surface area (Å²) in [5, 5.41) is 8.55. The van der Waals surface area contributed by atoms with Crippen molar-refractivity contribution < 1.29 is 27.8 Å². The minimum absolute atomic E-state index is 0.170. The first-order valence-electron chi connectivity index (χ1n) is 4.08. The van der Waals surface area contributed by atoms with E-state index < -0.39 is 30.1 Å². The highest BCUT2D eigenvalue weighted by Gasteiger charge is 2.34. The molecule has 0 aromatic carbocycles. The number of carboxylic acid groups (broad SMARTS) is 1. The number of aromatic nitrogens is 1. The zero-order chi connectivity index (χ0) is 13.2. The highest BCUT2D eigenvalue weighted by Crippen LogP contribution is 2.26. The Morgan fingerprint density at radius 3 is 2.59 bits per heavy atom. The average molecular weight is 363 g/mol. The molecule has 0 saturated heterocycles. The number of H-pyrrole nitrogens is 1. The lowest BCUT2D eigenvalue weighted by atomic mass is 10.2. The molecule has 2 N–H and O–H groups in total. The van der Waals surface area contributed by atoms with Gasteiger partial charge in [0.1, 0.15) is 0 Å². The average Bonchev–Trinajstić information content (AvgIpc) is 2.15. The van der Waals surface area contributed by atoms with Crippen molar-refractivity contribution >= 4 is 28.6 Å². The number of halogens is 4. The molecule has 9 heteroatoms. The number of hydrogen-bond donors (Lipinski definition) is 2. The van der Waals surface area contributed by atoms with Gasteiger partial charge in [-0.2, -0.15) is 0 Å². The highest BCUT2D eigenvalue weighted by atomic mass is 127. The second kappa shape index (κ2) is 4.94. The molecule has 1 rings (SSSR count). The fraction of sp³-hybridized carbons (Fsp3) is 0.250. The number of nitrogens with one attached hydrogen (secondary N) is 1. The van der Waals surface area contributed by atoms with Gasteiger partial charge in [-0.15, -0.1) is 13.2 Å². The molecule has 0 fully saturated rings. The molecule has 0 aliphatic carbocycles. The summed E-state index contributed by atoms with van der Waals surface area (Å²) in [6.07, 6.45) is -4.66. The Kier molecular flexibility index (Phi) is 4.01. The highest BCUT2D eigenvalue weighted by molar-refractivity contribution is 14.1. The van der Waals surface area contributed by atoms with Crippen molar-refractivity contribution in [3.63, 3.8) is 0 Å². The number of carbonyl (C=O) groups is 1. The molecule has 0 bridgehead atoms. The van der Waals surface area contributed by atoms with Gasteiger partial charge in [0.05, 0.1) is 6.42 Å². The summed E-state index contributed by atoms with van der Waals surface area (Å²) in [6, 6.07) is 0. The third kappa shape index (κ3) is 3.91. The number of alkyl halides is 3. The molecule has 17 heavy (non-hydrogen) atoms. The van der Waals surface area contributed by atoms with Crippen LogP contribution in [0.25, 0.3) is 0 Å². The van der Waals surface area contributed by atoms with Crippen LogP contribution in [0, 0.1) is 3.57 Å². The monoisotopic (exact) mass is 363 g/mol. The summed E-state index contributed by atoms with van der Waals surface area (Å²) >= 11 is 1.61. The minimum Gasteiger partial charge on any atom is -0.481 e. The molecule has 0 aliphatic rings. The predicted octanol–water partition coefficient (Wildman–Crippen LogP) is 1.51. The molecule has 0 unspecified atom stereocenters. The lowest BCUT2D eigenvalue weighted by molar-refractivity contribution is -0.275. The van der Waals surface area contributed by atoms with Crippen LogP contribution < -0.4 is 10.3 Å². The Balaban J connectivity index is 3.29. The number of aliphatic carboxylic acids is 1. The van der Waals surface area contributed by atoms with Gasteiger partial charge in [0.25, 0.3) is 5.56 Å². The Morgan fingerprint density at radius 2 is 2.12 bits per heavy atom. The van der Waals surface area contributed by atoms with Gasteiger partial charge in [0.2, 0.25) is 0 Å². The molecule has 0 saturated carbocycles. The van der Waals surface area contributed by atoms with Crippen molar-refractivity contribution in [2.24, 2.45) is 0 Å². The van der Waals surface area contributed by atoms with E-state index in [0.717, 1.165) is 6.20 Å². The number of pyridine rings is 1. The van der Waals surface area contributed by atoms with Crippen molar-refractivity contribution in [3.8, 4) is 5.75 Å². The molecule has 0 radical (unpaired) electrons. The van der Waals surface area contributed by atoms with Crippen LogP contribution in [0.2, 0.25) is 0 Å². The van der Waals surface area contributed by atoms with Gasteiger partial charge in [-0.25, -0.2) is 0 Å². The van der Waals surface area contributed by atoms with E-state index in [1.54, 1.807) is 22.6 Å². The van der Waals surface area contributed by atoms with Crippen molar-refractivity contribution in [2.45, 2.75) is 12.8 Å². The van der Waals surface area contributed by atoms with Gasteiger partial charge < -0.3 is 14.8 Å². The summed E-state index contributed by atoms with van der Waals surface area (Å²) in [6.45, 7) is 0. The first kappa shape index (κ1) is 13.8. The molecular weight excluding hydrogens is 358 g/mol. The predicted molar refractivity (Wildman–Crippen MR) is 57.8 cm³/mol. The molecule has 1 aromatic heterocycles. The Bertz CT molecular complexity index is 497. The molecule has 0 spiro atoms. The molecular formula is C8H5F3INO4. The minimum atomic E-state index is -5.05. The van der Waals surface area contributed by atoms with Gasteiger partial charge in [-0.05, 0) is 22.6 Å². The van der Waals surface area contributed by atoms with Crippen LogP contribution in [0.5, 0.6) is 5.75 Å². The SMILES string of the molecule is O=C(O)Cc1c(I)c[nH]c(=O)c1OC(F)(F)F. The zero-order valence-corrected chi connectivity index (χ0v) is 10.1. The number of hydrogen-bond acceptors (Lipinski definition) is 3. The Morgan fingerprint density at radius 1 is 1.53 bits per heavy atom. The van der Waals surface area contributed by atoms with Crippen molar-refractivity contribution in [1.29, 1.82) is 0 Å². The zero-order valence-electron chi connectivity index (χ0n) is 7.97. The van der Waals surface area contributed by atoms with Crippen LogP contribution in [-0.4, -0.2) is 22.4 Å². The lowest BCUT2D eigenvalue weighted by Gasteiger charge is -2.12. The second-order valence-electron chi connectivity index (χ2n) is 2.89. The maximum absolute atomic E-state index is 12.0. The summed E-state index contributed by atoms with van der Waals surface area (Å²) in [5.41, 5.74) is -1.43. The maximum atomic E-state index is 12.0. The maximum Gasteiger partial charge on any atom is 0.573 e. The molecule has 1 aromatic rings. The second-order valence-corrected chi connectivity index (χ2v) is 4.05. The standard InChI is InChI=1S/C8H5F3INO4/c9-8(10,11)17-6-3(1-5(14)15)4(12)2-13-7(6)16/h2H,1H2,(H,13,16)(H,14,15). The summed E-state index contributed by atoms with van der Waals surface area (Å²) in [5.74, 6) is -2.40. The molecule has 1 heterocycles. The van der Waals surface area contributed by atoms with Crippen LogP contribution in [0.1, 0.15) is 5.56 Å². The van der Waals surface area contributed by atoms with Crippen LogP contribution in [-0.2, 0) is 11.2 Å². The normalized spacial score (nSPS) is 11.3. The summed E-state index contributed by atoms with van der Waals surface area (Å²) in [7, 11) is 0. The topological polar surface area (TPSA) is 79.4 Å². The van der Waals surface area contributed by atoms with Crippen LogP contribution >= 0.6 is 22.6 Å². The van der Waals surface area contributed by atoms with E-state index in [-0.39, 0.29) is 9.13 Å². The number of carboxylic acids is 1. The van der Waals surface area contributed by atoms with Crippen molar-refractivity contribution in [2.75, 3.05) is 0 Å². The largest absolute Gasteiger partial charge is 0.573 e. The first-order chi connectivity index (χ1) is 7.70. The quantitative estimate of drug-likeness (QED) is 0.798. The fourth-order valence-corrected chi connectivity index (χ4v) is 1.66. The number of ether oxygens (including phenoxy) is 1. The van der Waals surface area contributed by atoms with Crippen molar-refractivity contribution in [1.82, 2.24) is 4.98 Å². The smallest absolute Gasteiger partial charge is 0.481 e. The first-order valence-corrected chi connectivity index (χ1v) is 5.16. The molecule has 0 aliphatic heterocycles. The molecule has 0 atom stereocenters. The van der Waals surface area contributed by atoms with Gasteiger partial charge >= 0.3 is 12.3 Å². The van der Waals surface area contributed by atoms with E-state index in [2.05, 4.69) is 4.74 Å². The van der Waals surface area contributed by atoms with E-state index in [1.807, 2.05) is 4.98 Å². The summed E-state index contributed by atoms with van der Waals surface area (Å²) in [4.78, 5) is 23.7. The number of aromatic amines is 1. The van der Waals surface area contributed by atoms with Gasteiger partial charge in [0.15, 0.2) is 5.75 Å². The van der Waals surface area contributed by atoms with E-state index in [1.165, 1.54) is 0 Å². The van der Waals surface area contributed by atoms with Crippen LogP contribution in [0.4, 0.5) is 13.2 Å². The Labute approximate surface area is 106 Å². The number of rotatable bonds is 3. The van der Waals surface area contributed by atoms with Gasteiger partial charge in [-0.1, -0.05) is 0 Å². The Hall–Kier alpha value is -1.26. The van der Waals surface area contributed by atoms with Crippen LogP contribution in [0.15, 0.2) is 11.0 Å². The van der Waals surface area contributed by atoms with Crippen molar-refractivity contribution in [3.05, 3.63) is 25.7 Å². The third-order valence-electron chi connectivity index (χ3n) is 1.64. The van der Waals surface area contributed by atoms with Gasteiger partial charge in [-0.3, -0.25) is 9.59 Å². The summed E-state index contributed by atoms with van der Waals surface area (Å²) < 4.78 is 39.8. The molecule has 5 nitrogen and oxygen atoms in total. The van der Waals surface area contributed by atoms with E-state index in [4.69, 9.17) is 5.11 Å².